The first-order chi connectivity index (χ1) is 6.65. The molecule has 5 nitrogen and oxygen atoms in total. The zero-order chi connectivity index (χ0) is 10.6. The normalized spacial score (nSPS) is 18.2. The van der Waals surface area contributed by atoms with Crippen LogP contribution in [0.2, 0.25) is 0 Å². The topological polar surface area (TPSA) is 66.8 Å². The second-order valence-corrected chi connectivity index (χ2v) is 3.35. The van der Waals surface area contributed by atoms with E-state index in [1.807, 2.05) is 0 Å². The zero-order valence-corrected chi connectivity index (χ0v) is 8.23. The maximum absolute atomic E-state index is 11.6. The molecule has 80 valence electrons. The standard InChI is InChI=1S/C9H15NO4/c1-14-7(6-8(11)12)9(13)10-4-2-3-5-10/h7H,2-6H2,1H3,(H,11,12)/t7-/m0/s1. The lowest BCUT2D eigenvalue weighted by molar-refractivity contribution is -0.149. The Morgan fingerprint density at radius 1 is 1.43 bits per heavy atom. The molecule has 0 aromatic heterocycles. The van der Waals surface area contributed by atoms with Crippen molar-refractivity contribution in [1.29, 1.82) is 0 Å². The van der Waals surface area contributed by atoms with Gasteiger partial charge in [0.15, 0.2) is 0 Å². The minimum Gasteiger partial charge on any atom is -0.481 e. The summed E-state index contributed by atoms with van der Waals surface area (Å²) >= 11 is 0. The second kappa shape index (κ2) is 4.95. The van der Waals surface area contributed by atoms with E-state index in [0.717, 1.165) is 25.9 Å². The first kappa shape index (κ1) is 11.0. The Balaban J connectivity index is 2.50. The SMILES string of the molecule is CO[C@@H](CC(=O)O)C(=O)N1CCCC1. The van der Waals surface area contributed by atoms with E-state index in [2.05, 4.69) is 0 Å². The van der Waals surface area contributed by atoms with Gasteiger partial charge in [-0.25, -0.2) is 0 Å². The number of methoxy groups -OCH3 is 1. The molecule has 0 radical (unpaired) electrons. The molecule has 1 aliphatic heterocycles. The van der Waals surface area contributed by atoms with Gasteiger partial charge in [-0.2, -0.15) is 0 Å². The molecule has 1 atom stereocenters. The van der Waals surface area contributed by atoms with Gasteiger partial charge in [-0.1, -0.05) is 0 Å². The Labute approximate surface area is 82.6 Å². The maximum Gasteiger partial charge on any atom is 0.306 e. The predicted molar refractivity (Wildman–Crippen MR) is 48.9 cm³/mol. The quantitative estimate of drug-likeness (QED) is 0.700. The van der Waals surface area contributed by atoms with Gasteiger partial charge in [-0.3, -0.25) is 9.59 Å². The van der Waals surface area contributed by atoms with Crippen molar-refractivity contribution in [3.05, 3.63) is 0 Å². The van der Waals surface area contributed by atoms with Gasteiger partial charge in [0.25, 0.3) is 5.91 Å². The molecule has 1 saturated heterocycles. The molecule has 0 spiro atoms. The van der Waals surface area contributed by atoms with Crippen LogP contribution in [-0.4, -0.2) is 48.2 Å². The highest BCUT2D eigenvalue weighted by Gasteiger charge is 2.27. The second-order valence-electron chi connectivity index (χ2n) is 3.35. The summed E-state index contributed by atoms with van der Waals surface area (Å²) in [6, 6.07) is 0. The Kier molecular flexibility index (Phi) is 3.88. The fraction of sp³-hybridized carbons (Fsp3) is 0.778. The first-order valence-electron chi connectivity index (χ1n) is 4.68. The van der Waals surface area contributed by atoms with Crippen molar-refractivity contribution in [2.24, 2.45) is 0 Å². The van der Waals surface area contributed by atoms with Crippen molar-refractivity contribution in [1.82, 2.24) is 4.90 Å². The van der Waals surface area contributed by atoms with E-state index < -0.39 is 12.1 Å². The Hall–Kier alpha value is -1.10. The number of nitrogens with zero attached hydrogens (tertiary/aromatic N) is 1. The number of amides is 1. The molecular weight excluding hydrogens is 186 g/mol. The fourth-order valence-corrected chi connectivity index (χ4v) is 1.57. The van der Waals surface area contributed by atoms with Crippen LogP contribution >= 0.6 is 0 Å². The summed E-state index contributed by atoms with van der Waals surface area (Å²) in [6.45, 7) is 1.44. The van der Waals surface area contributed by atoms with E-state index in [1.165, 1.54) is 7.11 Å². The largest absolute Gasteiger partial charge is 0.481 e. The first-order valence-corrected chi connectivity index (χ1v) is 4.68. The van der Waals surface area contributed by atoms with Crippen LogP contribution < -0.4 is 0 Å². The number of hydrogen-bond donors (Lipinski definition) is 1. The highest BCUT2D eigenvalue weighted by Crippen LogP contribution is 2.11. The summed E-state index contributed by atoms with van der Waals surface area (Å²) in [4.78, 5) is 23.8. The Morgan fingerprint density at radius 3 is 2.43 bits per heavy atom. The number of carbonyl (C=O) groups is 2. The van der Waals surface area contributed by atoms with E-state index >= 15 is 0 Å². The molecule has 0 aromatic carbocycles. The van der Waals surface area contributed by atoms with Crippen molar-refractivity contribution >= 4 is 11.9 Å². The van der Waals surface area contributed by atoms with Crippen LogP contribution in [0.5, 0.6) is 0 Å². The number of aliphatic carboxylic acids is 1. The number of hydrogen-bond acceptors (Lipinski definition) is 3. The minimum absolute atomic E-state index is 0.201. The van der Waals surface area contributed by atoms with Crippen LogP contribution in [0.25, 0.3) is 0 Å². The highest BCUT2D eigenvalue weighted by atomic mass is 16.5. The molecule has 5 heteroatoms. The highest BCUT2D eigenvalue weighted by molar-refractivity contribution is 5.85. The minimum atomic E-state index is -1.01. The summed E-state index contributed by atoms with van der Waals surface area (Å²) in [6.07, 6.45) is 0.904. The third kappa shape index (κ3) is 2.70. The zero-order valence-electron chi connectivity index (χ0n) is 8.23. The Bertz CT molecular complexity index is 223. The maximum atomic E-state index is 11.6. The smallest absolute Gasteiger partial charge is 0.306 e. The van der Waals surface area contributed by atoms with Crippen molar-refractivity contribution in [3.8, 4) is 0 Å². The van der Waals surface area contributed by atoms with Crippen molar-refractivity contribution in [3.63, 3.8) is 0 Å². The number of carboxylic acid groups (broad SMARTS) is 1. The molecule has 1 amide bonds. The van der Waals surface area contributed by atoms with Crippen LogP contribution in [0.15, 0.2) is 0 Å². The fourth-order valence-electron chi connectivity index (χ4n) is 1.57. The molecule has 0 unspecified atom stereocenters. The summed E-state index contributed by atoms with van der Waals surface area (Å²) < 4.78 is 4.86. The molecule has 1 aliphatic rings. The van der Waals surface area contributed by atoms with Crippen LogP contribution in [0.3, 0.4) is 0 Å². The number of rotatable bonds is 4. The summed E-state index contributed by atoms with van der Waals surface area (Å²) in [5.74, 6) is -1.21. The van der Waals surface area contributed by atoms with Crippen LogP contribution in [0.1, 0.15) is 19.3 Å². The number of likely N-dealkylation sites (tertiary alicyclic amines) is 1. The molecule has 1 heterocycles. The molecular formula is C9H15NO4. The lowest BCUT2D eigenvalue weighted by Crippen LogP contribution is -2.39. The van der Waals surface area contributed by atoms with Gasteiger partial charge in [-0.05, 0) is 12.8 Å². The summed E-state index contributed by atoms with van der Waals surface area (Å²) in [5.41, 5.74) is 0. The monoisotopic (exact) mass is 201 g/mol. The van der Waals surface area contributed by atoms with Crippen LogP contribution in [0, 0.1) is 0 Å². The van der Waals surface area contributed by atoms with E-state index in [9.17, 15) is 9.59 Å². The van der Waals surface area contributed by atoms with E-state index in [4.69, 9.17) is 9.84 Å². The van der Waals surface area contributed by atoms with Gasteiger partial charge in [0.1, 0.15) is 6.10 Å². The van der Waals surface area contributed by atoms with Crippen molar-refractivity contribution in [2.45, 2.75) is 25.4 Å². The summed E-state index contributed by atoms with van der Waals surface area (Å²) in [5, 5.41) is 8.56. The van der Waals surface area contributed by atoms with Gasteiger partial charge < -0.3 is 14.7 Å². The van der Waals surface area contributed by atoms with Gasteiger partial charge >= 0.3 is 5.97 Å². The third-order valence-electron chi connectivity index (χ3n) is 2.34. The van der Waals surface area contributed by atoms with E-state index in [0.29, 0.717) is 0 Å². The molecule has 1 fully saturated rings. The summed E-state index contributed by atoms with van der Waals surface area (Å²) in [7, 11) is 1.36. The van der Waals surface area contributed by atoms with Gasteiger partial charge in [-0.15, -0.1) is 0 Å². The molecule has 14 heavy (non-hydrogen) atoms. The lowest BCUT2D eigenvalue weighted by Gasteiger charge is -2.20. The molecule has 0 aliphatic carbocycles. The van der Waals surface area contributed by atoms with Crippen LogP contribution in [0.4, 0.5) is 0 Å². The number of carbonyl (C=O) groups excluding carboxylic acids is 1. The number of carboxylic acids is 1. The average molecular weight is 201 g/mol. The molecule has 1 N–H and O–H groups in total. The van der Waals surface area contributed by atoms with Crippen molar-refractivity contribution < 1.29 is 19.4 Å². The lowest BCUT2D eigenvalue weighted by atomic mass is 10.2. The van der Waals surface area contributed by atoms with Gasteiger partial charge in [0.05, 0.1) is 6.42 Å². The van der Waals surface area contributed by atoms with Gasteiger partial charge in [0.2, 0.25) is 0 Å². The molecule has 0 aromatic rings. The van der Waals surface area contributed by atoms with Crippen molar-refractivity contribution in [2.75, 3.05) is 20.2 Å². The predicted octanol–water partition coefficient (Wildman–Crippen LogP) is 0.0985. The third-order valence-corrected chi connectivity index (χ3v) is 2.34. The van der Waals surface area contributed by atoms with Gasteiger partial charge in [0, 0.05) is 20.2 Å². The molecule has 0 saturated carbocycles. The average Bonchev–Trinajstić information content (AvgIpc) is 2.65. The molecule has 1 rings (SSSR count). The van der Waals surface area contributed by atoms with E-state index in [-0.39, 0.29) is 12.3 Å². The Morgan fingerprint density at radius 2 is 2.00 bits per heavy atom. The van der Waals surface area contributed by atoms with Crippen LogP contribution in [-0.2, 0) is 14.3 Å². The van der Waals surface area contributed by atoms with E-state index in [1.54, 1.807) is 4.90 Å². The molecule has 0 bridgehead atoms. The number of ether oxygens (including phenoxy) is 1.